The number of fused-ring (bicyclic) bond motifs is 10. The van der Waals surface area contributed by atoms with E-state index in [1.165, 1.54) is 54.7 Å². The second-order valence-electron chi connectivity index (χ2n) is 11.7. The predicted octanol–water partition coefficient (Wildman–Crippen LogP) is 11.4. The molecule has 0 amide bonds. The van der Waals surface area contributed by atoms with Crippen molar-refractivity contribution in [1.82, 2.24) is 9.13 Å². The number of nitrogens with zero attached hydrogens (tertiary/aromatic N) is 2. The van der Waals surface area contributed by atoms with Gasteiger partial charge in [0.2, 0.25) is 0 Å². The van der Waals surface area contributed by atoms with Gasteiger partial charge in [-0.1, -0.05) is 109 Å². The Kier molecular flexibility index (Phi) is 5.00. The van der Waals surface area contributed by atoms with Gasteiger partial charge in [0.1, 0.15) is 11.2 Å². The Morgan fingerprint density at radius 3 is 1.91 bits per heavy atom. The lowest BCUT2D eigenvalue weighted by molar-refractivity contribution is 0.669. The average molecular weight is 575 g/mol. The van der Waals surface area contributed by atoms with Crippen LogP contribution in [0.2, 0.25) is 0 Å². The molecule has 10 rings (SSSR count). The largest absolute Gasteiger partial charge is 0.456 e. The Hall–Kier alpha value is -6.06. The average Bonchev–Trinajstić information content (AvgIpc) is 3.76. The minimum Gasteiger partial charge on any atom is -0.456 e. The fraction of sp³-hybridized carbons (Fsp3) is 0. The maximum absolute atomic E-state index is 6.33. The lowest BCUT2D eigenvalue weighted by Gasteiger charge is -2.12. The molecule has 0 bridgehead atoms. The van der Waals surface area contributed by atoms with Crippen molar-refractivity contribution in [2.24, 2.45) is 0 Å². The molecule has 0 aliphatic carbocycles. The molecular weight excluding hydrogens is 548 g/mol. The Bertz CT molecular complexity index is 2760. The summed E-state index contributed by atoms with van der Waals surface area (Å²) in [7, 11) is 0. The summed E-state index contributed by atoms with van der Waals surface area (Å²) in [4.78, 5) is 0. The number of hydrogen-bond donors (Lipinski definition) is 0. The molecule has 0 aliphatic heterocycles. The second-order valence-corrected chi connectivity index (χ2v) is 11.7. The highest BCUT2D eigenvalue weighted by Crippen LogP contribution is 2.44. The summed E-state index contributed by atoms with van der Waals surface area (Å²) < 4.78 is 11.2. The quantitative estimate of drug-likeness (QED) is 0.206. The third-order valence-corrected chi connectivity index (χ3v) is 9.30. The number of furan rings is 1. The second kappa shape index (κ2) is 9.22. The molecule has 0 saturated heterocycles. The van der Waals surface area contributed by atoms with E-state index in [1.54, 1.807) is 0 Å². The highest BCUT2D eigenvalue weighted by Gasteiger charge is 2.22. The highest BCUT2D eigenvalue weighted by molar-refractivity contribution is 6.26. The van der Waals surface area contributed by atoms with Crippen molar-refractivity contribution in [3.63, 3.8) is 0 Å². The van der Waals surface area contributed by atoms with Crippen LogP contribution in [0.3, 0.4) is 0 Å². The first-order valence-corrected chi connectivity index (χ1v) is 15.4. The van der Waals surface area contributed by atoms with Gasteiger partial charge in [0.05, 0.1) is 33.1 Å². The van der Waals surface area contributed by atoms with Gasteiger partial charge in [0.25, 0.3) is 0 Å². The molecule has 0 unspecified atom stereocenters. The molecule has 3 nitrogen and oxygen atoms in total. The maximum atomic E-state index is 6.33. The zero-order chi connectivity index (χ0) is 29.5. The van der Waals surface area contributed by atoms with Gasteiger partial charge >= 0.3 is 0 Å². The lowest BCUT2D eigenvalue weighted by atomic mass is 10.0. The predicted molar refractivity (Wildman–Crippen MR) is 188 cm³/mol. The molecule has 0 radical (unpaired) electrons. The summed E-state index contributed by atoms with van der Waals surface area (Å²) in [6.45, 7) is 0. The van der Waals surface area contributed by atoms with Gasteiger partial charge < -0.3 is 13.6 Å². The van der Waals surface area contributed by atoms with Crippen molar-refractivity contribution in [1.29, 1.82) is 0 Å². The number of hydrogen-bond acceptors (Lipinski definition) is 1. The van der Waals surface area contributed by atoms with E-state index in [1.807, 2.05) is 6.07 Å². The molecule has 3 aromatic heterocycles. The normalized spacial score (nSPS) is 12.0. The van der Waals surface area contributed by atoms with Crippen LogP contribution in [0.25, 0.3) is 88.1 Å². The highest BCUT2D eigenvalue weighted by atomic mass is 16.3. The van der Waals surface area contributed by atoms with Crippen LogP contribution in [0.1, 0.15) is 0 Å². The molecular formula is C42H26N2O. The summed E-state index contributed by atoms with van der Waals surface area (Å²) in [6, 6.07) is 56.5. The van der Waals surface area contributed by atoms with Gasteiger partial charge in [-0.05, 0) is 59.7 Å². The SMILES string of the molecule is c1ccc(-c2cccc(-n3c4ccccc4c4ccc5c(c6ccccc6n5-c5cccc6oc7ccccc7c56)c43)c2)cc1. The molecule has 0 fully saturated rings. The van der Waals surface area contributed by atoms with E-state index >= 15 is 0 Å². The summed E-state index contributed by atoms with van der Waals surface area (Å²) in [5.41, 5.74) is 11.2. The van der Waals surface area contributed by atoms with Gasteiger partial charge in [0.15, 0.2) is 0 Å². The molecule has 0 spiro atoms. The zero-order valence-corrected chi connectivity index (χ0v) is 24.3. The molecule has 0 aliphatic rings. The van der Waals surface area contributed by atoms with Crippen molar-refractivity contribution in [3.05, 3.63) is 158 Å². The van der Waals surface area contributed by atoms with E-state index in [9.17, 15) is 0 Å². The van der Waals surface area contributed by atoms with Crippen molar-refractivity contribution in [2.45, 2.75) is 0 Å². The van der Waals surface area contributed by atoms with Crippen LogP contribution in [0.15, 0.2) is 162 Å². The minimum absolute atomic E-state index is 0.896. The molecule has 10 aromatic rings. The molecule has 7 aromatic carbocycles. The first-order chi connectivity index (χ1) is 22.3. The molecule has 45 heavy (non-hydrogen) atoms. The topological polar surface area (TPSA) is 23.0 Å². The summed E-state index contributed by atoms with van der Waals surface area (Å²) in [5.74, 6) is 0. The van der Waals surface area contributed by atoms with Gasteiger partial charge in [-0.2, -0.15) is 0 Å². The first kappa shape index (κ1) is 24.4. The van der Waals surface area contributed by atoms with Gasteiger partial charge in [0, 0.05) is 32.6 Å². The molecule has 0 atom stereocenters. The van der Waals surface area contributed by atoms with Crippen LogP contribution in [-0.2, 0) is 0 Å². The number of rotatable bonds is 3. The fourth-order valence-electron chi connectivity index (χ4n) is 7.43. The van der Waals surface area contributed by atoms with Crippen LogP contribution in [0.4, 0.5) is 0 Å². The van der Waals surface area contributed by atoms with E-state index in [0.29, 0.717) is 0 Å². The molecule has 0 N–H and O–H groups in total. The van der Waals surface area contributed by atoms with Crippen molar-refractivity contribution in [3.8, 4) is 22.5 Å². The summed E-state index contributed by atoms with van der Waals surface area (Å²) in [6.07, 6.45) is 0. The molecule has 3 heterocycles. The van der Waals surface area contributed by atoms with Crippen molar-refractivity contribution < 1.29 is 4.42 Å². The van der Waals surface area contributed by atoms with Gasteiger partial charge in [-0.25, -0.2) is 0 Å². The number of aromatic nitrogens is 2. The van der Waals surface area contributed by atoms with Gasteiger partial charge in [-0.3, -0.25) is 0 Å². The van der Waals surface area contributed by atoms with Crippen molar-refractivity contribution >= 4 is 65.6 Å². The number of benzene rings is 7. The van der Waals surface area contributed by atoms with E-state index in [2.05, 4.69) is 161 Å². The minimum atomic E-state index is 0.896. The smallest absolute Gasteiger partial charge is 0.137 e. The van der Waals surface area contributed by atoms with Crippen LogP contribution in [0, 0.1) is 0 Å². The molecule has 0 saturated carbocycles. The fourth-order valence-corrected chi connectivity index (χ4v) is 7.43. The van der Waals surface area contributed by atoms with Crippen LogP contribution in [0.5, 0.6) is 0 Å². The van der Waals surface area contributed by atoms with E-state index in [4.69, 9.17) is 4.42 Å². The monoisotopic (exact) mass is 574 g/mol. The third kappa shape index (κ3) is 3.41. The molecule has 3 heteroatoms. The van der Waals surface area contributed by atoms with Crippen LogP contribution < -0.4 is 0 Å². The Morgan fingerprint density at radius 2 is 1.04 bits per heavy atom. The number of para-hydroxylation sites is 3. The Labute approximate surface area is 258 Å². The van der Waals surface area contributed by atoms with Crippen molar-refractivity contribution in [2.75, 3.05) is 0 Å². The van der Waals surface area contributed by atoms with E-state index in [0.717, 1.165) is 33.3 Å². The zero-order valence-electron chi connectivity index (χ0n) is 24.3. The Balaban J connectivity index is 1.37. The third-order valence-electron chi connectivity index (χ3n) is 9.30. The summed E-state index contributed by atoms with van der Waals surface area (Å²) >= 11 is 0. The summed E-state index contributed by atoms with van der Waals surface area (Å²) in [5, 5.41) is 7.23. The van der Waals surface area contributed by atoms with Crippen LogP contribution in [-0.4, -0.2) is 9.13 Å². The van der Waals surface area contributed by atoms with E-state index in [-0.39, 0.29) is 0 Å². The van der Waals surface area contributed by atoms with E-state index < -0.39 is 0 Å². The standard InChI is InChI=1S/C42H26N2O/c1-2-12-27(13-3-1)28-14-10-15-29(26-28)43-34-19-7-4-16-30(34)31-24-25-37-41(42(31)43)32-17-5-8-20-35(32)44(37)36-21-11-23-39-40(36)33-18-6-9-22-38(33)45-39/h1-26H. The maximum Gasteiger partial charge on any atom is 0.137 e. The van der Waals surface area contributed by atoms with Gasteiger partial charge in [-0.15, -0.1) is 0 Å². The van der Waals surface area contributed by atoms with Crippen LogP contribution >= 0.6 is 0 Å². The lowest BCUT2D eigenvalue weighted by Crippen LogP contribution is -1.96. The first-order valence-electron chi connectivity index (χ1n) is 15.4. The Morgan fingerprint density at radius 1 is 0.378 bits per heavy atom. The molecule has 210 valence electrons.